The van der Waals surface area contributed by atoms with Crippen LogP contribution in [0.15, 0.2) is 66.1 Å². The normalized spacial score (nSPS) is 14.0. The number of benzene rings is 1. The van der Waals surface area contributed by atoms with Gasteiger partial charge in [-0.15, -0.1) is 11.3 Å². The van der Waals surface area contributed by atoms with E-state index in [9.17, 15) is 14.7 Å². The molecule has 3 rings (SSSR count). The quantitative estimate of drug-likeness (QED) is 0.661. The van der Waals surface area contributed by atoms with Gasteiger partial charge in [-0.25, -0.2) is 9.59 Å². The van der Waals surface area contributed by atoms with Gasteiger partial charge in [0.1, 0.15) is 5.56 Å². The van der Waals surface area contributed by atoms with E-state index in [4.69, 9.17) is 11.6 Å². The van der Waals surface area contributed by atoms with Crippen LogP contribution in [-0.2, 0) is 0 Å². The summed E-state index contributed by atoms with van der Waals surface area (Å²) in [5.41, 5.74) is 3.11. The minimum absolute atomic E-state index is 0.0731. The zero-order valence-corrected chi connectivity index (χ0v) is 16.6. The predicted molar refractivity (Wildman–Crippen MR) is 114 cm³/mol. The number of hydrogen-bond acceptors (Lipinski definition) is 3. The summed E-state index contributed by atoms with van der Waals surface area (Å²) in [6.07, 6.45) is 4.19. The highest BCUT2D eigenvalue weighted by atomic mass is 35.5. The van der Waals surface area contributed by atoms with Gasteiger partial charge >= 0.3 is 12.0 Å². The number of nitrogens with zero attached hydrogens (tertiary/aromatic N) is 1. The Kier molecular flexibility index (Phi) is 6.02. The Morgan fingerprint density at radius 3 is 2.46 bits per heavy atom. The summed E-state index contributed by atoms with van der Waals surface area (Å²) in [7, 11) is 0. The van der Waals surface area contributed by atoms with Crippen LogP contribution < -0.4 is 5.32 Å². The van der Waals surface area contributed by atoms with Crippen molar-refractivity contribution in [3.63, 3.8) is 0 Å². The van der Waals surface area contributed by atoms with Crippen molar-refractivity contribution in [1.29, 1.82) is 0 Å². The largest absolute Gasteiger partial charge is 0.478 e. The number of rotatable bonds is 5. The van der Waals surface area contributed by atoms with Crippen LogP contribution in [0.1, 0.15) is 16.8 Å². The van der Waals surface area contributed by atoms with Gasteiger partial charge in [-0.2, -0.15) is 0 Å². The number of thiophene rings is 1. The molecule has 0 saturated carbocycles. The van der Waals surface area contributed by atoms with Gasteiger partial charge in [0.25, 0.3) is 0 Å². The first kappa shape index (κ1) is 19.9. The molecule has 0 aliphatic carbocycles. The second-order valence-corrected chi connectivity index (χ2v) is 7.54. The topological polar surface area (TPSA) is 69.6 Å². The van der Waals surface area contributed by atoms with Crippen molar-refractivity contribution >= 4 is 40.6 Å². The monoisotopic (exact) mass is 414 g/mol. The molecule has 0 unspecified atom stereocenters. The molecule has 28 heavy (non-hydrogen) atoms. The van der Waals surface area contributed by atoms with Crippen molar-refractivity contribution in [3.8, 4) is 10.4 Å². The van der Waals surface area contributed by atoms with E-state index in [2.05, 4.69) is 18.5 Å². The number of hydrogen-bond donors (Lipinski definition) is 2. The lowest BCUT2D eigenvalue weighted by molar-refractivity contribution is 0.0699. The molecule has 144 valence electrons. The highest BCUT2D eigenvalue weighted by Gasteiger charge is 2.25. The first-order valence-electron chi connectivity index (χ1n) is 8.58. The minimum Gasteiger partial charge on any atom is -0.478 e. The number of carbonyl (C=O) groups is 2. The van der Waals surface area contributed by atoms with Crippen LogP contribution in [0.4, 0.5) is 10.5 Å². The third-order valence-electron chi connectivity index (χ3n) is 4.56. The number of carbonyl (C=O) groups excluding carboxylic acids is 1. The molecular weight excluding hydrogens is 396 g/mol. The Balaban J connectivity index is 1.85. The molecular formula is C21H19ClN2O3S. The van der Waals surface area contributed by atoms with E-state index in [1.807, 2.05) is 0 Å². The molecule has 1 aromatic carbocycles. The zero-order valence-electron chi connectivity index (χ0n) is 15.1. The lowest BCUT2D eigenvalue weighted by Crippen LogP contribution is -2.39. The van der Waals surface area contributed by atoms with Crippen molar-refractivity contribution in [1.82, 2.24) is 4.90 Å². The maximum atomic E-state index is 12.7. The van der Waals surface area contributed by atoms with Crippen molar-refractivity contribution in [3.05, 3.63) is 76.7 Å². The van der Waals surface area contributed by atoms with E-state index in [1.165, 1.54) is 11.3 Å². The smallest absolute Gasteiger partial charge is 0.339 e. The molecule has 0 bridgehead atoms. The van der Waals surface area contributed by atoms with E-state index >= 15 is 0 Å². The van der Waals surface area contributed by atoms with Crippen LogP contribution in [0.2, 0.25) is 5.02 Å². The van der Waals surface area contributed by atoms with Gasteiger partial charge in [0.2, 0.25) is 0 Å². The number of amides is 2. The highest BCUT2D eigenvalue weighted by molar-refractivity contribution is 7.14. The van der Waals surface area contributed by atoms with E-state index in [1.54, 1.807) is 46.7 Å². The van der Waals surface area contributed by atoms with Gasteiger partial charge in [0, 0.05) is 23.5 Å². The maximum absolute atomic E-state index is 12.7. The van der Waals surface area contributed by atoms with E-state index in [0.29, 0.717) is 29.4 Å². The number of carboxylic acids is 1. The molecule has 0 spiro atoms. The molecule has 2 heterocycles. The summed E-state index contributed by atoms with van der Waals surface area (Å²) >= 11 is 7.18. The molecule has 0 radical (unpaired) electrons. The molecule has 5 nitrogen and oxygen atoms in total. The summed E-state index contributed by atoms with van der Waals surface area (Å²) in [6.45, 7) is 8.52. The molecule has 7 heteroatoms. The second-order valence-electron chi connectivity index (χ2n) is 6.23. The van der Waals surface area contributed by atoms with Crippen LogP contribution >= 0.6 is 22.9 Å². The number of aromatic carboxylic acids is 1. The van der Waals surface area contributed by atoms with Gasteiger partial charge in [0.15, 0.2) is 0 Å². The first-order chi connectivity index (χ1) is 13.4. The van der Waals surface area contributed by atoms with Crippen molar-refractivity contribution < 1.29 is 14.7 Å². The summed E-state index contributed by atoms with van der Waals surface area (Å²) < 4.78 is 0. The Hall–Kier alpha value is -2.83. The summed E-state index contributed by atoms with van der Waals surface area (Å²) in [4.78, 5) is 26.8. The fourth-order valence-corrected chi connectivity index (χ4v) is 4.20. The first-order valence-corrected chi connectivity index (χ1v) is 9.84. The highest BCUT2D eigenvalue weighted by Crippen LogP contribution is 2.36. The van der Waals surface area contributed by atoms with E-state index in [-0.39, 0.29) is 17.3 Å². The number of allylic oxidation sites excluding steroid dienone is 1. The molecule has 1 aromatic heterocycles. The molecule has 2 aromatic rings. The molecule has 0 atom stereocenters. The molecule has 1 aliphatic rings. The Labute approximate surface area is 172 Å². The van der Waals surface area contributed by atoms with Gasteiger partial charge < -0.3 is 15.3 Å². The predicted octanol–water partition coefficient (Wildman–Crippen LogP) is 5.67. The van der Waals surface area contributed by atoms with Crippen LogP contribution in [0, 0.1) is 0 Å². The summed E-state index contributed by atoms with van der Waals surface area (Å²) in [5, 5.41) is 14.7. The molecule has 0 fully saturated rings. The summed E-state index contributed by atoms with van der Waals surface area (Å²) in [6, 6.07) is 6.58. The standard InChI is InChI=1S/C21H19ClN2O3S/c1-3-13-9-10-24(11-14(13)4-2)21(27)23-17-12-28-19(18(17)20(25)26)15-5-7-16(22)8-6-15/h3-8,12H,1-2,9-11H2,(H,23,27)(H,25,26). The van der Waals surface area contributed by atoms with Crippen molar-refractivity contribution in [2.24, 2.45) is 0 Å². The fraction of sp³-hybridized carbons (Fsp3) is 0.143. The summed E-state index contributed by atoms with van der Waals surface area (Å²) in [5.74, 6) is -1.10. The number of halogens is 1. The third kappa shape index (κ3) is 4.03. The van der Waals surface area contributed by atoms with Gasteiger partial charge in [-0.3, -0.25) is 0 Å². The van der Waals surface area contributed by atoms with Gasteiger partial charge in [0.05, 0.1) is 10.6 Å². The Morgan fingerprint density at radius 2 is 1.86 bits per heavy atom. The second kappa shape index (κ2) is 8.46. The zero-order chi connectivity index (χ0) is 20.3. The van der Waals surface area contributed by atoms with Crippen LogP contribution in [-0.4, -0.2) is 35.1 Å². The van der Waals surface area contributed by atoms with Gasteiger partial charge in [-0.1, -0.05) is 49.0 Å². The van der Waals surface area contributed by atoms with Crippen molar-refractivity contribution in [2.45, 2.75) is 6.42 Å². The van der Waals surface area contributed by atoms with E-state index < -0.39 is 5.97 Å². The maximum Gasteiger partial charge on any atom is 0.339 e. The number of nitrogens with one attached hydrogen (secondary N) is 1. The molecule has 0 saturated heterocycles. The molecule has 2 amide bonds. The third-order valence-corrected chi connectivity index (χ3v) is 5.84. The van der Waals surface area contributed by atoms with Crippen LogP contribution in [0.25, 0.3) is 10.4 Å². The number of anilines is 1. The van der Waals surface area contributed by atoms with Crippen molar-refractivity contribution in [2.75, 3.05) is 18.4 Å². The van der Waals surface area contributed by atoms with Crippen LogP contribution in [0.3, 0.4) is 0 Å². The molecule has 1 aliphatic heterocycles. The van der Waals surface area contributed by atoms with E-state index in [0.717, 1.165) is 16.7 Å². The average Bonchev–Trinajstić information content (AvgIpc) is 3.11. The van der Waals surface area contributed by atoms with Crippen LogP contribution in [0.5, 0.6) is 0 Å². The number of carboxylic acid groups (broad SMARTS) is 1. The Morgan fingerprint density at radius 1 is 1.18 bits per heavy atom. The Bertz CT molecular complexity index is 976. The number of urea groups is 1. The lowest BCUT2D eigenvalue weighted by Gasteiger charge is -2.29. The fourth-order valence-electron chi connectivity index (χ4n) is 3.07. The SMILES string of the molecule is C=CC1=C(C=C)CN(C(=O)Nc2csc(-c3ccc(Cl)cc3)c2C(=O)O)CC1. The van der Waals surface area contributed by atoms with Gasteiger partial charge in [-0.05, 0) is 35.3 Å². The lowest BCUT2D eigenvalue weighted by atomic mass is 10.0. The average molecular weight is 415 g/mol. The molecule has 2 N–H and O–H groups in total. The minimum atomic E-state index is -1.10.